The van der Waals surface area contributed by atoms with Gasteiger partial charge in [0.2, 0.25) is 0 Å². The van der Waals surface area contributed by atoms with Crippen molar-refractivity contribution in [3.05, 3.63) is 57.3 Å². The Bertz CT molecular complexity index is 774. The first-order valence-corrected chi connectivity index (χ1v) is 8.47. The summed E-state index contributed by atoms with van der Waals surface area (Å²) in [5, 5.41) is 10.1. The molecule has 0 fully saturated rings. The third-order valence-electron chi connectivity index (χ3n) is 3.78. The first-order chi connectivity index (χ1) is 12.0. The van der Waals surface area contributed by atoms with E-state index in [2.05, 4.69) is 20.9 Å². The van der Waals surface area contributed by atoms with Crippen molar-refractivity contribution in [2.24, 2.45) is 12.0 Å². The molecule has 1 heterocycles. The molecule has 0 saturated heterocycles. The van der Waals surface area contributed by atoms with Crippen molar-refractivity contribution in [1.82, 2.24) is 20.5 Å². The van der Waals surface area contributed by atoms with Gasteiger partial charge in [-0.15, -0.1) is 24.0 Å². The summed E-state index contributed by atoms with van der Waals surface area (Å²) < 4.78 is 1.82. The van der Waals surface area contributed by atoms with Crippen LogP contribution in [0.25, 0.3) is 0 Å². The van der Waals surface area contributed by atoms with E-state index in [1.54, 1.807) is 26.2 Å². The van der Waals surface area contributed by atoms with E-state index < -0.39 is 0 Å². The zero-order valence-corrected chi connectivity index (χ0v) is 18.6. The average molecular weight is 510 g/mol. The van der Waals surface area contributed by atoms with Crippen molar-refractivity contribution in [3.63, 3.8) is 0 Å². The molecular formula is C17H22Cl2IN5O. The highest BCUT2D eigenvalue weighted by Gasteiger charge is 2.09. The molecule has 9 heteroatoms. The molecule has 0 spiro atoms. The van der Waals surface area contributed by atoms with Crippen LogP contribution in [0.3, 0.4) is 0 Å². The monoisotopic (exact) mass is 509 g/mol. The molecule has 0 atom stereocenters. The number of carbonyl (C=O) groups excluding carboxylic acids is 1. The topological polar surface area (TPSA) is 70.4 Å². The van der Waals surface area contributed by atoms with Gasteiger partial charge < -0.3 is 20.5 Å². The number of nitrogens with one attached hydrogen (secondary N) is 3. The molecule has 0 bridgehead atoms. The van der Waals surface area contributed by atoms with Crippen molar-refractivity contribution in [2.45, 2.75) is 13.1 Å². The predicted molar refractivity (Wildman–Crippen MR) is 118 cm³/mol. The van der Waals surface area contributed by atoms with Crippen molar-refractivity contribution < 1.29 is 4.79 Å². The molecule has 0 aliphatic rings. The number of aromatic nitrogens is 1. The standard InChI is InChI=1S/C17H21Cl2N5O.HI/c1-20-16(25)12-6-4-11(5-7-12)9-22-17(21-2)23-10-13-8-14(18)15(19)24(13)3;/h4-8H,9-10H2,1-3H3,(H,20,25)(H2,21,22,23);1H. The predicted octanol–water partition coefficient (Wildman–Crippen LogP) is 3.17. The van der Waals surface area contributed by atoms with Crippen LogP contribution in [0.2, 0.25) is 10.2 Å². The van der Waals surface area contributed by atoms with E-state index in [0.717, 1.165) is 11.3 Å². The van der Waals surface area contributed by atoms with Crippen LogP contribution in [0, 0.1) is 0 Å². The van der Waals surface area contributed by atoms with Gasteiger partial charge in [-0.25, -0.2) is 0 Å². The Morgan fingerprint density at radius 3 is 2.27 bits per heavy atom. The summed E-state index contributed by atoms with van der Waals surface area (Å²) in [6, 6.07) is 9.21. The van der Waals surface area contributed by atoms with Crippen LogP contribution >= 0.6 is 47.2 Å². The highest BCUT2D eigenvalue weighted by molar-refractivity contribution is 14.0. The second-order valence-corrected chi connectivity index (χ2v) is 6.15. The second kappa shape index (κ2) is 10.6. The summed E-state index contributed by atoms with van der Waals surface area (Å²) in [5.41, 5.74) is 2.62. The number of carbonyl (C=O) groups is 1. The lowest BCUT2D eigenvalue weighted by molar-refractivity contribution is 0.0963. The molecule has 142 valence electrons. The Morgan fingerprint density at radius 2 is 1.77 bits per heavy atom. The number of amides is 1. The maximum Gasteiger partial charge on any atom is 0.251 e. The van der Waals surface area contributed by atoms with Crippen LogP contribution in [0.15, 0.2) is 35.3 Å². The zero-order chi connectivity index (χ0) is 18.4. The minimum Gasteiger partial charge on any atom is -0.355 e. The van der Waals surface area contributed by atoms with Crippen LogP contribution in [0.5, 0.6) is 0 Å². The molecule has 0 saturated carbocycles. The normalized spacial score (nSPS) is 10.9. The minimum absolute atomic E-state index is 0. The van der Waals surface area contributed by atoms with Crippen LogP contribution in [0.1, 0.15) is 21.6 Å². The summed E-state index contributed by atoms with van der Waals surface area (Å²) in [4.78, 5) is 15.7. The van der Waals surface area contributed by atoms with Gasteiger partial charge in [-0.1, -0.05) is 35.3 Å². The Balaban J connectivity index is 0.00000338. The average Bonchev–Trinajstić information content (AvgIpc) is 2.88. The number of halogens is 3. The number of nitrogens with zero attached hydrogens (tertiary/aromatic N) is 2. The van der Waals surface area contributed by atoms with Gasteiger partial charge in [-0.05, 0) is 23.8 Å². The van der Waals surface area contributed by atoms with Gasteiger partial charge in [0.15, 0.2) is 5.96 Å². The van der Waals surface area contributed by atoms with E-state index in [4.69, 9.17) is 23.2 Å². The number of aliphatic imine (C=N–C) groups is 1. The number of guanidine groups is 1. The van der Waals surface area contributed by atoms with Gasteiger partial charge in [0.05, 0.1) is 11.6 Å². The number of hydrogen-bond acceptors (Lipinski definition) is 2. The lowest BCUT2D eigenvalue weighted by Crippen LogP contribution is -2.36. The molecule has 2 rings (SSSR count). The lowest BCUT2D eigenvalue weighted by atomic mass is 10.1. The highest BCUT2D eigenvalue weighted by Crippen LogP contribution is 2.24. The lowest BCUT2D eigenvalue weighted by Gasteiger charge is -2.13. The van der Waals surface area contributed by atoms with Crippen LogP contribution < -0.4 is 16.0 Å². The number of benzene rings is 1. The highest BCUT2D eigenvalue weighted by atomic mass is 127. The van der Waals surface area contributed by atoms with Crippen LogP contribution in [0.4, 0.5) is 0 Å². The number of hydrogen-bond donors (Lipinski definition) is 3. The van der Waals surface area contributed by atoms with Crippen LogP contribution in [-0.2, 0) is 20.1 Å². The maximum atomic E-state index is 11.5. The van der Waals surface area contributed by atoms with Gasteiger partial charge in [-0.3, -0.25) is 9.79 Å². The summed E-state index contributed by atoms with van der Waals surface area (Å²) in [7, 11) is 5.17. The van der Waals surface area contributed by atoms with E-state index in [-0.39, 0.29) is 29.9 Å². The minimum atomic E-state index is -0.100. The van der Waals surface area contributed by atoms with Gasteiger partial charge in [-0.2, -0.15) is 0 Å². The third-order valence-corrected chi connectivity index (χ3v) is 4.62. The van der Waals surface area contributed by atoms with Crippen molar-refractivity contribution in [3.8, 4) is 0 Å². The molecule has 0 aliphatic carbocycles. The third kappa shape index (κ3) is 5.78. The Hall–Kier alpha value is -1.45. The van der Waals surface area contributed by atoms with Gasteiger partial charge in [0.25, 0.3) is 5.91 Å². The Labute approximate surface area is 180 Å². The molecular weight excluding hydrogens is 488 g/mol. The molecule has 1 amide bonds. The quantitative estimate of drug-likeness (QED) is 0.329. The summed E-state index contributed by atoms with van der Waals surface area (Å²) >= 11 is 12.1. The number of rotatable bonds is 5. The smallest absolute Gasteiger partial charge is 0.251 e. The van der Waals surface area contributed by atoms with Crippen LogP contribution in [-0.4, -0.2) is 30.5 Å². The van der Waals surface area contributed by atoms with Crippen molar-refractivity contribution in [1.29, 1.82) is 0 Å². The summed E-state index contributed by atoms with van der Waals surface area (Å²) in [5.74, 6) is 0.556. The molecule has 3 N–H and O–H groups in total. The molecule has 0 radical (unpaired) electrons. The molecule has 2 aromatic rings. The fraction of sp³-hybridized carbons (Fsp3) is 0.294. The second-order valence-electron chi connectivity index (χ2n) is 5.39. The molecule has 1 aromatic carbocycles. The van der Waals surface area contributed by atoms with Gasteiger partial charge in [0.1, 0.15) is 5.15 Å². The van der Waals surface area contributed by atoms with E-state index >= 15 is 0 Å². The molecule has 0 unspecified atom stereocenters. The largest absolute Gasteiger partial charge is 0.355 e. The summed E-state index contributed by atoms with van der Waals surface area (Å²) in [6.07, 6.45) is 0. The molecule has 0 aliphatic heterocycles. The van der Waals surface area contributed by atoms with Gasteiger partial charge >= 0.3 is 0 Å². The maximum absolute atomic E-state index is 11.5. The first kappa shape index (κ1) is 22.6. The first-order valence-electron chi connectivity index (χ1n) is 7.71. The van der Waals surface area contributed by atoms with Crippen molar-refractivity contribution >= 4 is 59.0 Å². The fourth-order valence-electron chi connectivity index (χ4n) is 2.26. The Morgan fingerprint density at radius 1 is 1.15 bits per heavy atom. The summed E-state index contributed by atoms with van der Waals surface area (Å²) in [6.45, 7) is 1.13. The fourth-order valence-corrected chi connectivity index (χ4v) is 2.67. The van der Waals surface area contributed by atoms with E-state index in [1.165, 1.54) is 0 Å². The van der Waals surface area contributed by atoms with Gasteiger partial charge in [0, 0.05) is 38.9 Å². The SMILES string of the molecule is CN=C(NCc1ccc(C(=O)NC)cc1)NCc1cc(Cl)c(Cl)n1C.I. The van der Waals surface area contributed by atoms with E-state index in [9.17, 15) is 4.79 Å². The van der Waals surface area contributed by atoms with Crippen molar-refractivity contribution in [2.75, 3.05) is 14.1 Å². The molecule has 26 heavy (non-hydrogen) atoms. The van der Waals surface area contributed by atoms with E-state index in [0.29, 0.717) is 34.8 Å². The molecule has 1 aromatic heterocycles. The van der Waals surface area contributed by atoms with E-state index in [1.807, 2.05) is 29.8 Å². The molecule has 6 nitrogen and oxygen atoms in total. The Kier molecular flexibility index (Phi) is 9.24. The zero-order valence-electron chi connectivity index (χ0n) is 14.8.